The third kappa shape index (κ3) is 4.89. The molecule has 0 aliphatic carbocycles. The lowest BCUT2D eigenvalue weighted by Gasteiger charge is -2.11. The molecule has 0 amide bonds. The zero-order valence-corrected chi connectivity index (χ0v) is 18.1. The first-order chi connectivity index (χ1) is 14.8. The maximum absolute atomic E-state index is 12.5. The normalized spacial score (nSPS) is 11.7. The molecule has 2 aromatic heterocycles. The first-order valence-corrected chi connectivity index (χ1v) is 10.1. The van der Waals surface area contributed by atoms with Gasteiger partial charge < -0.3 is 9.30 Å². The van der Waals surface area contributed by atoms with Gasteiger partial charge in [-0.25, -0.2) is 4.79 Å². The molecular formula is C23H25N5O3. The summed E-state index contributed by atoms with van der Waals surface area (Å²) < 4.78 is 8.29. The summed E-state index contributed by atoms with van der Waals surface area (Å²) in [5, 5.41) is 17.6. The van der Waals surface area contributed by atoms with Gasteiger partial charge in [-0.2, -0.15) is 9.94 Å². The number of rotatable bonds is 7. The number of hydrogen-bond acceptors (Lipinski definition) is 6. The molecule has 3 rings (SSSR count). The fourth-order valence-electron chi connectivity index (χ4n) is 3.30. The molecule has 0 fully saturated rings. The minimum atomic E-state index is -0.823. The van der Waals surface area contributed by atoms with E-state index in [-0.39, 0.29) is 5.57 Å². The second-order valence-electron chi connectivity index (χ2n) is 7.80. The quantitative estimate of drug-likeness (QED) is 0.330. The Morgan fingerprint density at radius 1 is 1.29 bits per heavy atom. The highest BCUT2D eigenvalue weighted by atomic mass is 16.5. The van der Waals surface area contributed by atoms with E-state index in [4.69, 9.17) is 4.74 Å². The van der Waals surface area contributed by atoms with Crippen molar-refractivity contribution in [1.82, 2.24) is 19.6 Å². The van der Waals surface area contributed by atoms with Gasteiger partial charge in [0, 0.05) is 17.9 Å². The van der Waals surface area contributed by atoms with E-state index in [0.717, 1.165) is 34.6 Å². The van der Waals surface area contributed by atoms with Gasteiger partial charge in [-0.1, -0.05) is 31.2 Å². The fraction of sp³-hybridized carbons (Fsp3) is 0.348. The summed E-state index contributed by atoms with van der Waals surface area (Å²) in [5.74, 6) is -0.247. The maximum Gasteiger partial charge on any atom is 0.350 e. The molecule has 0 bridgehead atoms. The van der Waals surface area contributed by atoms with Crippen LogP contribution >= 0.6 is 0 Å². The van der Waals surface area contributed by atoms with Crippen LogP contribution in [0.4, 0.5) is 0 Å². The van der Waals surface area contributed by atoms with Gasteiger partial charge in [0.25, 0.3) is 5.56 Å². The third-order valence-corrected chi connectivity index (χ3v) is 5.13. The second-order valence-corrected chi connectivity index (χ2v) is 7.80. The average molecular weight is 419 g/mol. The molecule has 31 heavy (non-hydrogen) atoms. The van der Waals surface area contributed by atoms with Crippen LogP contribution in [0.25, 0.3) is 17.0 Å². The summed E-state index contributed by atoms with van der Waals surface area (Å²) in [7, 11) is 0. The lowest BCUT2D eigenvalue weighted by Crippen LogP contribution is -2.26. The molecule has 3 aromatic rings. The van der Waals surface area contributed by atoms with Crippen LogP contribution in [0.3, 0.4) is 0 Å². The van der Waals surface area contributed by atoms with Crippen LogP contribution in [0, 0.1) is 31.1 Å². The smallest absolute Gasteiger partial charge is 0.350 e. The predicted molar refractivity (Wildman–Crippen MR) is 117 cm³/mol. The van der Waals surface area contributed by atoms with Crippen LogP contribution in [-0.4, -0.2) is 25.5 Å². The van der Waals surface area contributed by atoms with Crippen molar-refractivity contribution in [1.29, 1.82) is 5.26 Å². The van der Waals surface area contributed by atoms with Crippen molar-refractivity contribution < 1.29 is 9.53 Å². The first-order valence-electron chi connectivity index (χ1n) is 10.1. The molecule has 1 aromatic carbocycles. The molecule has 160 valence electrons. The van der Waals surface area contributed by atoms with Crippen LogP contribution in [-0.2, 0) is 22.8 Å². The van der Waals surface area contributed by atoms with Gasteiger partial charge in [0.15, 0.2) is 6.73 Å². The van der Waals surface area contributed by atoms with Crippen molar-refractivity contribution >= 4 is 22.9 Å². The Labute approximate surface area is 180 Å². The lowest BCUT2D eigenvalue weighted by atomic mass is 10.1. The molecule has 2 heterocycles. The van der Waals surface area contributed by atoms with Crippen LogP contribution in [0.15, 0.2) is 40.7 Å². The van der Waals surface area contributed by atoms with E-state index in [1.165, 1.54) is 6.08 Å². The largest absolute Gasteiger partial charge is 0.438 e. The van der Waals surface area contributed by atoms with Crippen LogP contribution in [0.1, 0.15) is 37.2 Å². The van der Waals surface area contributed by atoms with Crippen molar-refractivity contribution in [2.24, 2.45) is 5.92 Å². The molecule has 0 spiro atoms. The number of nitriles is 1. The SMILES string of the molecule is Cc1cc(C=C(C#N)C(=O)OCn2nnc3ccccc3c2=O)c(C)n1CCC(C)C. The molecule has 0 aliphatic heterocycles. The van der Waals surface area contributed by atoms with Gasteiger partial charge in [0.2, 0.25) is 0 Å². The number of nitrogens with zero attached hydrogens (tertiary/aromatic N) is 5. The van der Waals surface area contributed by atoms with Gasteiger partial charge in [-0.05, 0) is 56.0 Å². The van der Waals surface area contributed by atoms with E-state index < -0.39 is 18.3 Å². The lowest BCUT2D eigenvalue weighted by molar-refractivity contribution is -0.142. The monoisotopic (exact) mass is 419 g/mol. The number of fused-ring (bicyclic) bond motifs is 1. The fourth-order valence-corrected chi connectivity index (χ4v) is 3.30. The number of hydrogen-bond donors (Lipinski definition) is 0. The van der Waals surface area contributed by atoms with Crippen LogP contribution < -0.4 is 5.56 Å². The summed E-state index contributed by atoms with van der Waals surface area (Å²) in [6.07, 6.45) is 2.56. The van der Waals surface area contributed by atoms with Gasteiger partial charge in [-0.15, -0.1) is 5.10 Å². The molecule has 0 saturated carbocycles. The highest BCUT2D eigenvalue weighted by Crippen LogP contribution is 2.20. The van der Waals surface area contributed by atoms with Gasteiger partial charge in [-0.3, -0.25) is 4.79 Å². The number of esters is 1. The molecule has 0 unspecified atom stereocenters. The number of carbonyl (C=O) groups excluding carboxylic acids is 1. The highest BCUT2D eigenvalue weighted by molar-refractivity contribution is 5.98. The Bertz CT molecular complexity index is 1240. The molecule has 8 heteroatoms. The van der Waals surface area contributed by atoms with Crippen molar-refractivity contribution in [3.63, 3.8) is 0 Å². The molecular weight excluding hydrogens is 394 g/mol. The Balaban J connectivity index is 1.77. The molecule has 0 N–H and O–H groups in total. The standard InChI is InChI=1S/C23H25N5O3/c1-15(2)9-10-27-16(3)11-18(17(27)4)12-19(13-24)23(30)31-14-28-22(29)20-7-5-6-8-21(20)25-26-28/h5-8,11-12,15H,9-10,14H2,1-4H3. The molecule has 8 nitrogen and oxygen atoms in total. The summed E-state index contributed by atoms with van der Waals surface area (Å²) in [4.78, 5) is 24.9. The Morgan fingerprint density at radius 3 is 2.74 bits per heavy atom. The number of benzene rings is 1. The maximum atomic E-state index is 12.5. The Morgan fingerprint density at radius 2 is 2.03 bits per heavy atom. The van der Waals surface area contributed by atoms with Crippen LogP contribution in [0.5, 0.6) is 0 Å². The number of aromatic nitrogens is 4. The number of carbonyl (C=O) groups is 1. The number of aryl methyl sites for hydroxylation is 1. The second kappa shape index (κ2) is 9.39. The third-order valence-electron chi connectivity index (χ3n) is 5.13. The highest BCUT2D eigenvalue weighted by Gasteiger charge is 2.15. The van der Waals surface area contributed by atoms with E-state index in [9.17, 15) is 14.9 Å². The Hall–Kier alpha value is -3.73. The van der Waals surface area contributed by atoms with E-state index in [0.29, 0.717) is 16.8 Å². The van der Waals surface area contributed by atoms with E-state index in [2.05, 4.69) is 28.7 Å². The van der Waals surface area contributed by atoms with Gasteiger partial charge in [0.1, 0.15) is 17.2 Å². The van der Waals surface area contributed by atoms with E-state index >= 15 is 0 Å². The topological polar surface area (TPSA) is 103 Å². The van der Waals surface area contributed by atoms with Crippen LogP contribution in [0.2, 0.25) is 0 Å². The van der Waals surface area contributed by atoms with Gasteiger partial charge >= 0.3 is 5.97 Å². The molecule has 0 saturated heterocycles. The Kier molecular flexibility index (Phi) is 6.65. The zero-order valence-electron chi connectivity index (χ0n) is 18.1. The van der Waals surface area contributed by atoms with Crippen molar-refractivity contribution in [3.8, 4) is 6.07 Å². The molecule has 0 aliphatic rings. The summed E-state index contributed by atoms with van der Waals surface area (Å²) in [5.41, 5.74) is 2.72. The van der Waals surface area contributed by atoms with Crippen molar-refractivity contribution in [3.05, 3.63) is 63.2 Å². The summed E-state index contributed by atoms with van der Waals surface area (Å²) in [6.45, 7) is 8.75. The molecule has 0 radical (unpaired) electrons. The first kappa shape index (κ1) is 22.0. The summed E-state index contributed by atoms with van der Waals surface area (Å²) >= 11 is 0. The minimum Gasteiger partial charge on any atom is -0.438 e. The summed E-state index contributed by atoms with van der Waals surface area (Å²) in [6, 6.07) is 10.6. The molecule has 0 atom stereocenters. The van der Waals surface area contributed by atoms with E-state index in [1.807, 2.05) is 26.0 Å². The van der Waals surface area contributed by atoms with Crippen molar-refractivity contribution in [2.75, 3.05) is 0 Å². The minimum absolute atomic E-state index is 0.147. The zero-order chi connectivity index (χ0) is 22.5. The van der Waals surface area contributed by atoms with E-state index in [1.54, 1.807) is 24.3 Å². The van der Waals surface area contributed by atoms with Gasteiger partial charge in [0.05, 0.1) is 5.39 Å². The number of ether oxygens (including phenoxy) is 1. The average Bonchev–Trinajstić information content (AvgIpc) is 3.02. The van der Waals surface area contributed by atoms with Crippen molar-refractivity contribution in [2.45, 2.75) is 47.4 Å². The predicted octanol–water partition coefficient (Wildman–Crippen LogP) is 3.36.